The van der Waals surface area contributed by atoms with E-state index in [9.17, 15) is 9.59 Å². The number of hydrogen-bond acceptors (Lipinski definition) is 4. The fraction of sp³-hybridized carbons (Fsp3) is 0.750. The standard InChI is InChI=1S/C8H12N6O2S/c9-14-11-3-10-6(15)1-5-7-4(2-17-5)12-8(16)13-7/h4-5,7H,1-3H2,(H,10,15)(H2,12,13,16)/t4-,5-,7-/m0/s1. The molecule has 0 aliphatic carbocycles. The third kappa shape index (κ3) is 2.75. The predicted octanol–water partition coefficient (Wildman–Crippen LogP) is -0.0741. The van der Waals surface area contributed by atoms with Gasteiger partial charge in [0.1, 0.15) is 0 Å². The van der Waals surface area contributed by atoms with Gasteiger partial charge in [-0.05, 0) is 5.53 Å². The molecule has 0 spiro atoms. The Bertz CT molecular complexity index is 382. The van der Waals surface area contributed by atoms with Crippen LogP contribution in [0.1, 0.15) is 6.42 Å². The zero-order valence-electron chi connectivity index (χ0n) is 8.92. The number of carbonyl (C=O) groups is 2. The first kappa shape index (κ1) is 11.9. The Hall–Kier alpha value is -1.60. The molecule has 0 aromatic carbocycles. The lowest BCUT2D eigenvalue weighted by Gasteiger charge is -2.15. The molecule has 2 aliphatic rings. The van der Waals surface area contributed by atoms with Gasteiger partial charge in [-0.2, -0.15) is 11.8 Å². The zero-order chi connectivity index (χ0) is 12.3. The van der Waals surface area contributed by atoms with Crippen LogP contribution in [0.3, 0.4) is 0 Å². The van der Waals surface area contributed by atoms with Gasteiger partial charge in [-0.3, -0.25) is 4.79 Å². The number of fused-ring (bicyclic) bond motifs is 1. The van der Waals surface area contributed by atoms with Gasteiger partial charge in [-0.25, -0.2) is 4.79 Å². The first-order chi connectivity index (χ1) is 8.20. The summed E-state index contributed by atoms with van der Waals surface area (Å²) in [5.74, 6) is 0.647. The molecule has 2 aliphatic heterocycles. The van der Waals surface area contributed by atoms with E-state index in [1.165, 1.54) is 0 Å². The summed E-state index contributed by atoms with van der Waals surface area (Å²) in [6.45, 7) is -0.0363. The van der Waals surface area contributed by atoms with Gasteiger partial charge in [0.25, 0.3) is 0 Å². The van der Waals surface area contributed by atoms with E-state index < -0.39 is 0 Å². The molecule has 0 bridgehead atoms. The van der Waals surface area contributed by atoms with Crippen LogP contribution in [-0.4, -0.2) is 41.7 Å². The smallest absolute Gasteiger partial charge is 0.315 e. The number of amides is 3. The third-order valence-corrected chi connectivity index (χ3v) is 4.17. The molecule has 0 unspecified atom stereocenters. The molecule has 2 rings (SSSR count). The molecule has 0 aromatic rings. The van der Waals surface area contributed by atoms with Crippen LogP contribution < -0.4 is 16.0 Å². The van der Waals surface area contributed by atoms with Crippen LogP contribution in [0.25, 0.3) is 10.4 Å². The summed E-state index contributed by atoms with van der Waals surface area (Å²) in [6.07, 6.45) is 0.314. The molecule has 0 radical (unpaired) electrons. The molecule has 2 fully saturated rings. The Balaban J connectivity index is 1.81. The van der Waals surface area contributed by atoms with Crippen molar-refractivity contribution in [3.8, 4) is 0 Å². The van der Waals surface area contributed by atoms with E-state index >= 15 is 0 Å². The van der Waals surface area contributed by atoms with E-state index in [4.69, 9.17) is 5.53 Å². The van der Waals surface area contributed by atoms with Crippen LogP contribution in [-0.2, 0) is 4.79 Å². The molecule has 3 amide bonds. The minimum Gasteiger partial charge on any atom is -0.350 e. The van der Waals surface area contributed by atoms with Crippen LogP contribution in [0, 0.1) is 0 Å². The lowest BCUT2D eigenvalue weighted by atomic mass is 10.1. The van der Waals surface area contributed by atoms with Gasteiger partial charge >= 0.3 is 6.03 Å². The largest absolute Gasteiger partial charge is 0.350 e. The van der Waals surface area contributed by atoms with Crippen molar-refractivity contribution in [2.24, 2.45) is 5.11 Å². The van der Waals surface area contributed by atoms with Gasteiger partial charge in [0.05, 0.1) is 18.8 Å². The van der Waals surface area contributed by atoms with Gasteiger partial charge in [0.2, 0.25) is 5.91 Å². The molecule has 2 saturated heterocycles. The molecular weight excluding hydrogens is 244 g/mol. The van der Waals surface area contributed by atoms with Gasteiger partial charge < -0.3 is 16.0 Å². The minimum absolute atomic E-state index is 0.0118. The molecule has 0 saturated carbocycles. The highest BCUT2D eigenvalue weighted by molar-refractivity contribution is 8.00. The number of rotatable bonds is 4. The molecule has 17 heavy (non-hydrogen) atoms. The van der Waals surface area contributed by atoms with E-state index in [2.05, 4.69) is 26.0 Å². The van der Waals surface area contributed by atoms with Gasteiger partial charge in [-0.1, -0.05) is 5.11 Å². The van der Waals surface area contributed by atoms with Gasteiger partial charge in [-0.15, -0.1) is 0 Å². The summed E-state index contributed by atoms with van der Waals surface area (Å²) in [4.78, 5) is 25.2. The summed E-state index contributed by atoms with van der Waals surface area (Å²) in [5.41, 5.74) is 8.06. The van der Waals surface area contributed by atoms with Crippen LogP contribution >= 0.6 is 11.8 Å². The highest BCUT2D eigenvalue weighted by atomic mass is 32.2. The number of nitrogens with zero attached hydrogens (tertiary/aromatic N) is 3. The lowest BCUT2D eigenvalue weighted by molar-refractivity contribution is -0.121. The Morgan fingerprint density at radius 2 is 2.47 bits per heavy atom. The molecule has 0 aromatic heterocycles. The highest BCUT2D eigenvalue weighted by Crippen LogP contribution is 2.31. The average molecular weight is 256 g/mol. The number of thioether (sulfide) groups is 1. The second-order valence-corrected chi connectivity index (χ2v) is 5.09. The summed E-state index contributed by atoms with van der Waals surface area (Å²) in [6, 6.07) is -0.0417. The number of nitrogens with one attached hydrogen (secondary N) is 3. The molecule has 9 heteroatoms. The minimum atomic E-state index is -0.170. The SMILES string of the molecule is [N-]=[N+]=NCNC(=O)C[C@@H]1SC[C@@H]2NC(=O)N[C@@H]21. The van der Waals surface area contributed by atoms with Crippen molar-refractivity contribution in [2.75, 3.05) is 12.4 Å². The number of urea groups is 1. The van der Waals surface area contributed by atoms with Crippen LogP contribution in [0.5, 0.6) is 0 Å². The predicted molar refractivity (Wildman–Crippen MR) is 62.3 cm³/mol. The van der Waals surface area contributed by atoms with Crippen LogP contribution in [0.15, 0.2) is 5.11 Å². The van der Waals surface area contributed by atoms with Crippen molar-refractivity contribution < 1.29 is 9.59 Å². The monoisotopic (exact) mass is 256 g/mol. The zero-order valence-corrected chi connectivity index (χ0v) is 9.74. The molecule has 2 heterocycles. The normalized spacial score (nSPS) is 29.9. The summed E-state index contributed by atoms with van der Waals surface area (Å²) in [7, 11) is 0. The molecule has 3 atom stereocenters. The number of hydrogen-bond donors (Lipinski definition) is 3. The number of azide groups is 1. The fourth-order valence-corrected chi connectivity index (χ4v) is 3.46. The Morgan fingerprint density at radius 3 is 3.24 bits per heavy atom. The summed E-state index contributed by atoms with van der Waals surface area (Å²) >= 11 is 1.66. The topological polar surface area (TPSA) is 119 Å². The average Bonchev–Trinajstić information content (AvgIpc) is 2.80. The highest BCUT2D eigenvalue weighted by Gasteiger charge is 2.43. The summed E-state index contributed by atoms with van der Waals surface area (Å²) in [5, 5.41) is 11.4. The van der Waals surface area contributed by atoms with Crippen LogP contribution in [0.4, 0.5) is 4.79 Å². The summed E-state index contributed by atoms with van der Waals surface area (Å²) < 4.78 is 0. The van der Waals surface area contributed by atoms with Crippen LogP contribution in [0.2, 0.25) is 0 Å². The lowest BCUT2D eigenvalue weighted by Crippen LogP contribution is -2.39. The van der Waals surface area contributed by atoms with E-state index in [0.717, 1.165) is 5.75 Å². The second kappa shape index (κ2) is 5.15. The first-order valence-corrected chi connectivity index (χ1v) is 6.22. The van der Waals surface area contributed by atoms with Gasteiger partial charge in [0, 0.05) is 22.3 Å². The van der Waals surface area contributed by atoms with E-state index in [1.54, 1.807) is 11.8 Å². The number of carbonyl (C=O) groups excluding carboxylic acids is 2. The maximum absolute atomic E-state index is 11.5. The van der Waals surface area contributed by atoms with Crippen molar-refractivity contribution in [1.82, 2.24) is 16.0 Å². The maximum atomic E-state index is 11.5. The second-order valence-electron chi connectivity index (χ2n) is 3.81. The Labute approximate surface area is 102 Å². The Kier molecular flexibility index (Phi) is 3.60. The van der Waals surface area contributed by atoms with Gasteiger partial charge in [0.15, 0.2) is 0 Å². The maximum Gasteiger partial charge on any atom is 0.315 e. The van der Waals surface area contributed by atoms with Crippen molar-refractivity contribution >= 4 is 23.7 Å². The van der Waals surface area contributed by atoms with E-state index in [0.29, 0.717) is 6.42 Å². The first-order valence-electron chi connectivity index (χ1n) is 5.17. The quantitative estimate of drug-likeness (QED) is 0.282. The van der Waals surface area contributed by atoms with E-state index in [1.807, 2.05) is 0 Å². The molecule has 8 nitrogen and oxygen atoms in total. The molecular formula is C8H12N6O2S. The fourth-order valence-electron chi connectivity index (χ4n) is 1.98. The Morgan fingerprint density at radius 1 is 1.65 bits per heavy atom. The van der Waals surface area contributed by atoms with E-state index in [-0.39, 0.29) is 35.9 Å². The van der Waals surface area contributed by atoms with Crippen molar-refractivity contribution in [3.63, 3.8) is 0 Å². The third-order valence-electron chi connectivity index (χ3n) is 2.73. The molecule has 3 N–H and O–H groups in total. The van der Waals surface area contributed by atoms with Crippen molar-refractivity contribution in [3.05, 3.63) is 10.4 Å². The molecule has 92 valence electrons. The van der Waals surface area contributed by atoms with Crippen molar-refractivity contribution in [1.29, 1.82) is 0 Å². The van der Waals surface area contributed by atoms with Crippen molar-refractivity contribution in [2.45, 2.75) is 23.8 Å².